The minimum atomic E-state index is -4.96. The third-order valence-electron chi connectivity index (χ3n) is 17.9. The standard InChI is InChI=1S/C75H146O17P2/c1-6-10-13-16-19-22-25-28-29-30-31-32-35-38-41-44-51-56-61-74(79)91-70(64-85-72(77)58-53-48-42-39-36-33-26-23-20-17-14-11-7-2)66-89-93(81,82)87-62-69(76)63-88-94(83,84)90-67-71(65-86-73(78)59-54-49-46-45-47-52-57-68(5)9-4)92-75(80)60-55-50-43-40-37-34-27-24-21-18-15-12-8-3/h68-71,76H,6-67H2,1-5H3,(H,81,82)(H,83,84)/t68?,69-,70-,71-/m1/s1. The van der Waals surface area contributed by atoms with E-state index < -0.39 is 97.5 Å². The molecule has 0 amide bonds. The zero-order valence-electron chi connectivity index (χ0n) is 61.1. The maximum atomic E-state index is 13.1. The molecule has 3 N–H and O–H groups in total. The molecule has 558 valence electrons. The van der Waals surface area contributed by atoms with Crippen LogP contribution in [0.2, 0.25) is 0 Å². The van der Waals surface area contributed by atoms with Crippen molar-refractivity contribution in [3.8, 4) is 0 Å². The van der Waals surface area contributed by atoms with E-state index >= 15 is 0 Å². The summed E-state index contributed by atoms with van der Waals surface area (Å²) in [6.45, 7) is 7.25. The number of esters is 4. The highest BCUT2D eigenvalue weighted by Crippen LogP contribution is 2.45. The second-order valence-corrected chi connectivity index (χ2v) is 30.2. The van der Waals surface area contributed by atoms with E-state index in [9.17, 15) is 43.2 Å². The lowest BCUT2D eigenvalue weighted by Crippen LogP contribution is -2.30. The molecule has 0 saturated carbocycles. The molecule has 0 fully saturated rings. The van der Waals surface area contributed by atoms with Gasteiger partial charge in [-0.2, -0.15) is 0 Å². The number of ether oxygens (including phenoxy) is 4. The number of carbonyl (C=O) groups excluding carboxylic acids is 4. The SMILES string of the molecule is CCCCCCCCCCCCCCCCCCCCC(=O)O[C@H](COC(=O)CCCCCCCCCCCCCCC)COP(=O)(O)OC[C@@H](O)COP(=O)(O)OC[C@@H](COC(=O)CCCCCCCCC(C)CC)OC(=O)CCCCCCCCCCCCCCC. The monoisotopic (exact) mass is 1380 g/mol. The summed E-state index contributed by atoms with van der Waals surface area (Å²) < 4.78 is 68.5. The topological polar surface area (TPSA) is 237 Å². The summed E-state index contributed by atoms with van der Waals surface area (Å²) in [6.07, 6.45) is 56.8. The van der Waals surface area contributed by atoms with Crippen LogP contribution in [0.5, 0.6) is 0 Å². The molecule has 0 bridgehead atoms. The molecule has 94 heavy (non-hydrogen) atoms. The molecule has 0 aliphatic heterocycles. The number of unbranched alkanes of at least 4 members (excludes halogenated alkanes) is 46. The van der Waals surface area contributed by atoms with Gasteiger partial charge in [0, 0.05) is 25.7 Å². The van der Waals surface area contributed by atoms with Gasteiger partial charge in [0.2, 0.25) is 0 Å². The number of rotatable bonds is 75. The largest absolute Gasteiger partial charge is 0.472 e. The highest BCUT2D eigenvalue weighted by molar-refractivity contribution is 7.47. The Hall–Kier alpha value is -1.94. The molecule has 19 heteroatoms. The predicted molar refractivity (Wildman–Crippen MR) is 382 cm³/mol. The molecule has 17 nitrogen and oxygen atoms in total. The summed E-state index contributed by atoms with van der Waals surface area (Å²) in [5, 5.41) is 10.6. The van der Waals surface area contributed by atoms with E-state index in [1.807, 2.05) is 0 Å². The number of phosphoric ester groups is 2. The average molecular weight is 1380 g/mol. The maximum Gasteiger partial charge on any atom is 0.472 e. The molecule has 3 unspecified atom stereocenters. The van der Waals surface area contributed by atoms with Gasteiger partial charge in [-0.25, -0.2) is 9.13 Å². The van der Waals surface area contributed by atoms with Crippen LogP contribution in [0.3, 0.4) is 0 Å². The Morgan fingerprint density at radius 2 is 0.511 bits per heavy atom. The van der Waals surface area contributed by atoms with Crippen molar-refractivity contribution in [1.82, 2.24) is 0 Å². The van der Waals surface area contributed by atoms with E-state index in [-0.39, 0.29) is 25.7 Å². The van der Waals surface area contributed by atoms with Gasteiger partial charge >= 0.3 is 39.5 Å². The third-order valence-corrected chi connectivity index (χ3v) is 19.8. The van der Waals surface area contributed by atoms with Crippen LogP contribution >= 0.6 is 15.6 Å². The molecule has 0 heterocycles. The third kappa shape index (κ3) is 67.3. The number of hydrogen-bond donors (Lipinski definition) is 3. The number of hydrogen-bond acceptors (Lipinski definition) is 15. The molecule has 0 aromatic heterocycles. The van der Waals surface area contributed by atoms with Gasteiger partial charge in [0.15, 0.2) is 12.2 Å². The lowest BCUT2D eigenvalue weighted by molar-refractivity contribution is -0.161. The van der Waals surface area contributed by atoms with Gasteiger partial charge in [0.1, 0.15) is 19.3 Å². The summed E-state index contributed by atoms with van der Waals surface area (Å²) in [6, 6.07) is 0. The Morgan fingerprint density at radius 1 is 0.298 bits per heavy atom. The first kappa shape index (κ1) is 92.1. The number of aliphatic hydroxyl groups excluding tert-OH is 1. The number of carbonyl (C=O) groups is 4. The van der Waals surface area contributed by atoms with E-state index in [4.69, 9.17) is 37.0 Å². The van der Waals surface area contributed by atoms with E-state index in [0.717, 1.165) is 102 Å². The summed E-state index contributed by atoms with van der Waals surface area (Å²) in [5.41, 5.74) is 0. The molecule has 6 atom stereocenters. The molecule has 0 aromatic carbocycles. The van der Waals surface area contributed by atoms with Crippen LogP contribution in [0, 0.1) is 5.92 Å². The van der Waals surface area contributed by atoms with Gasteiger partial charge < -0.3 is 33.8 Å². The van der Waals surface area contributed by atoms with Gasteiger partial charge in [-0.05, 0) is 31.6 Å². The smallest absolute Gasteiger partial charge is 0.462 e. The van der Waals surface area contributed by atoms with Gasteiger partial charge in [0.25, 0.3) is 0 Å². The first-order valence-corrected chi connectivity index (χ1v) is 42.2. The zero-order chi connectivity index (χ0) is 69.1. The Bertz CT molecular complexity index is 1810. The van der Waals surface area contributed by atoms with Crippen molar-refractivity contribution in [3.05, 3.63) is 0 Å². The lowest BCUT2D eigenvalue weighted by Gasteiger charge is -2.21. The van der Waals surface area contributed by atoms with E-state index in [2.05, 4.69) is 34.6 Å². The van der Waals surface area contributed by atoms with Crippen LogP contribution in [-0.2, 0) is 65.4 Å². The van der Waals surface area contributed by atoms with Gasteiger partial charge in [0.05, 0.1) is 26.4 Å². The second-order valence-electron chi connectivity index (χ2n) is 27.3. The van der Waals surface area contributed by atoms with Crippen LogP contribution < -0.4 is 0 Å². The molecule has 0 aromatic rings. The van der Waals surface area contributed by atoms with Crippen LogP contribution in [0.25, 0.3) is 0 Å². The minimum Gasteiger partial charge on any atom is -0.462 e. The molecular weight excluding hydrogens is 1230 g/mol. The van der Waals surface area contributed by atoms with E-state index in [0.29, 0.717) is 25.7 Å². The zero-order valence-corrected chi connectivity index (χ0v) is 62.9. The molecule has 0 radical (unpaired) electrons. The fourth-order valence-electron chi connectivity index (χ4n) is 11.5. The fourth-order valence-corrected chi connectivity index (χ4v) is 13.1. The molecule has 0 aliphatic rings. The minimum absolute atomic E-state index is 0.107. The van der Waals surface area contributed by atoms with Crippen molar-refractivity contribution in [2.45, 2.75) is 412 Å². The summed E-state index contributed by atoms with van der Waals surface area (Å²) in [7, 11) is -9.91. The normalized spacial score (nSPS) is 14.3. The predicted octanol–water partition coefficient (Wildman–Crippen LogP) is 22.1. The van der Waals surface area contributed by atoms with Crippen LogP contribution in [-0.4, -0.2) is 96.7 Å². The average Bonchev–Trinajstić information content (AvgIpc) is 1.40. The first-order valence-electron chi connectivity index (χ1n) is 39.2. The van der Waals surface area contributed by atoms with Crippen molar-refractivity contribution in [2.24, 2.45) is 5.92 Å². The Morgan fingerprint density at radius 3 is 0.755 bits per heavy atom. The molecule has 0 aliphatic carbocycles. The Kier molecular flexibility index (Phi) is 66.8. The van der Waals surface area contributed by atoms with E-state index in [1.54, 1.807) is 0 Å². The van der Waals surface area contributed by atoms with Gasteiger partial charge in [-0.3, -0.25) is 37.3 Å². The fraction of sp³-hybridized carbons (Fsp3) is 0.947. The molecule has 0 saturated heterocycles. The molecule has 0 spiro atoms. The van der Waals surface area contributed by atoms with Crippen LogP contribution in [0.15, 0.2) is 0 Å². The summed E-state index contributed by atoms with van der Waals surface area (Å²) >= 11 is 0. The quantitative estimate of drug-likeness (QED) is 0.0222. The van der Waals surface area contributed by atoms with Crippen molar-refractivity contribution in [2.75, 3.05) is 39.6 Å². The highest BCUT2D eigenvalue weighted by atomic mass is 31.2. The van der Waals surface area contributed by atoms with Crippen molar-refractivity contribution >= 4 is 39.5 Å². The van der Waals surface area contributed by atoms with Gasteiger partial charge in [-0.1, -0.05) is 343 Å². The summed E-state index contributed by atoms with van der Waals surface area (Å²) in [5.74, 6) is -1.38. The van der Waals surface area contributed by atoms with Crippen molar-refractivity contribution in [3.63, 3.8) is 0 Å². The van der Waals surface area contributed by atoms with Crippen molar-refractivity contribution < 1.29 is 80.2 Å². The van der Waals surface area contributed by atoms with Gasteiger partial charge in [-0.15, -0.1) is 0 Å². The maximum absolute atomic E-state index is 13.1. The Balaban J connectivity index is 5.24. The molecule has 0 rings (SSSR count). The highest BCUT2D eigenvalue weighted by Gasteiger charge is 2.30. The molecular formula is C75H146O17P2. The Labute approximate surface area is 575 Å². The summed E-state index contributed by atoms with van der Waals surface area (Å²) in [4.78, 5) is 72.8. The van der Waals surface area contributed by atoms with Crippen LogP contribution in [0.4, 0.5) is 0 Å². The number of phosphoric acid groups is 2. The first-order chi connectivity index (χ1) is 45.6. The van der Waals surface area contributed by atoms with Crippen molar-refractivity contribution in [1.29, 1.82) is 0 Å². The lowest BCUT2D eigenvalue weighted by atomic mass is 10.00. The number of aliphatic hydroxyl groups is 1. The van der Waals surface area contributed by atoms with Crippen LogP contribution in [0.1, 0.15) is 394 Å². The second kappa shape index (κ2) is 68.2. The van der Waals surface area contributed by atoms with E-state index in [1.165, 1.54) is 212 Å².